The van der Waals surface area contributed by atoms with Crippen molar-refractivity contribution in [1.82, 2.24) is 20.1 Å². The second kappa shape index (κ2) is 6.91. The van der Waals surface area contributed by atoms with Crippen LogP contribution in [0.4, 0.5) is 0 Å². The highest BCUT2D eigenvalue weighted by Crippen LogP contribution is 2.02. The Hall–Kier alpha value is -3.22. The molecule has 3 aromatic rings. The number of rotatable bonds is 5. The Labute approximate surface area is 137 Å². The third kappa shape index (κ3) is 3.40. The monoisotopic (exact) mass is 324 g/mol. The zero-order valence-electron chi connectivity index (χ0n) is 12.9. The van der Waals surface area contributed by atoms with Gasteiger partial charge in [-0.25, -0.2) is 4.68 Å². The van der Waals surface area contributed by atoms with Crippen LogP contribution in [-0.4, -0.2) is 20.7 Å². The Morgan fingerprint density at radius 2 is 1.83 bits per heavy atom. The molecule has 1 amide bonds. The van der Waals surface area contributed by atoms with Gasteiger partial charge in [0.15, 0.2) is 0 Å². The lowest BCUT2D eigenvalue weighted by Crippen LogP contribution is -2.32. The molecule has 0 unspecified atom stereocenters. The van der Waals surface area contributed by atoms with E-state index < -0.39 is 0 Å². The molecule has 7 nitrogen and oxygen atoms in total. The molecule has 0 spiro atoms. The number of aryl methyl sites for hydroxylation is 1. The topological polar surface area (TPSA) is 96.9 Å². The molecule has 0 saturated carbocycles. The minimum atomic E-state index is -0.348. The quantitative estimate of drug-likeness (QED) is 0.725. The van der Waals surface area contributed by atoms with E-state index in [0.29, 0.717) is 17.3 Å². The SMILES string of the molecule is O=C(CCn1[nH]c(=O)c2ccccc2c1=O)NCc1ccccn1. The number of nitrogens with one attached hydrogen (secondary N) is 2. The number of carbonyl (C=O) groups excluding carboxylic acids is 1. The van der Waals surface area contributed by atoms with Crippen molar-refractivity contribution in [3.63, 3.8) is 0 Å². The van der Waals surface area contributed by atoms with Crippen molar-refractivity contribution in [2.75, 3.05) is 0 Å². The molecule has 3 rings (SSSR count). The van der Waals surface area contributed by atoms with E-state index in [0.717, 1.165) is 5.69 Å². The van der Waals surface area contributed by atoms with Crippen LogP contribution in [0, 0.1) is 0 Å². The molecule has 24 heavy (non-hydrogen) atoms. The summed E-state index contributed by atoms with van der Waals surface area (Å²) in [7, 11) is 0. The number of hydrogen-bond acceptors (Lipinski definition) is 4. The molecule has 2 heterocycles. The zero-order chi connectivity index (χ0) is 16.9. The Kier molecular flexibility index (Phi) is 4.51. The molecule has 0 bridgehead atoms. The molecule has 0 atom stereocenters. The van der Waals surface area contributed by atoms with Gasteiger partial charge < -0.3 is 5.32 Å². The molecule has 0 aliphatic carbocycles. The van der Waals surface area contributed by atoms with Crippen molar-refractivity contribution >= 4 is 16.7 Å². The van der Waals surface area contributed by atoms with Gasteiger partial charge in [-0.05, 0) is 24.3 Å². The number of benzene rings is 1. The van der Waals surface area contributed by atoms with E-state index in [1.54, 1.807) is 36.5 Å². The lowest BCUT2D eigenvalue weighted by Gasteiger charge is -2.08. The van der Waals surface area contributed by atoms with E-state index in [4.69, 9.17) is 0 Å². The molecule has 2 aromatic heterocycles. The number of carbonyl (C=O) groups is 1. The van der Waals surface area contributed by atoms with Crippen LogP contribution in [0.5, 0.6) is 0 Å². The summed E-state index contributed by atoms with van der Waals surface area (Å²) < 4.78 is 1.17. The summed E-state index contributed by atoms with van der Waals surface area (Å²) in [6.07, 6.45) is 1.74. The normalized spacial score (nSPS) is 10.7. The predicted molar refractivity (Wildman–Crippen MR) is 89.5 cm³/mol. The second-order valence-corrected chi connectivity index (χ2v) is 5.29. The number of fused-ring (bicyclic) bond motifs is 1. The van der Waals surface area contributed by atoms with E-state index in [2.05, 4.69) is 15.4 Å². The average molecular weight is 324 g/mol. The van der Waals surface area contributed by atoms with Crippen LogP contribution in [0.25, 0.3) is 10.8 Å². The molecule has 0 fully saturated rings. The number of pyridine rings is 1. The minimum Gasteiger partial charge on any atom is -0.350 e. The molecule has 0 aliphatic rings. The number of hydrogen-bond donors (Lipinski definition) is 2. The lowest BCUT2D eigenvalue weighted by molar-refractivity contribution is -0.121. The summed E-state index contributed by atoms with van der Waals surface area (Å²) in [4.78, 5) is 40.3. The second-order valence-electron chi connectivity index (χ2n) is 5.29. The molecular formula is C17H16N4O3. The van der Waals surface area contributed by atoms with Gasteiger partial charge in [0, 0.05) is 12.6 Å². The zero-order valence-corrected chi connectivity index (χ0v) is 12.9. The average Bonchev–Trinajstić information content (AvgIpc) is 2.62. The lowest BCUT2D eigenvalue weighted by atomic mass is 10.2. The van der Waals surface area contributed by atoms with E-state index >= 15 is 0 Å². The fourth-order valence-electron chi connectivity index (χ4n) is 2.40. The highest BCUT2D eigenvalue weighted by atomic mass is 16.2. The maximum atomic E-state index is 12.3. The van der Waals surface area contributed by atoms with E-state index in [1.807, 2.05) is 12.1 Å². The number of H-pyrrole nitrogens is 1. The summed E-state index contributed by atoms with van der Waals surface area (Å²) in [6, 6.07) is 12.1. The van der Waals surface area contributed by atoms with Crippen LogP contribution in [0.1, 0.15) is 12.1 Å². The standard InChI is InChI=1S/C17H16N4O3/c22-15(19-11-12-5-3-4-9-18-12)8-10-21-17(24)14-7-2-1-6-13(14)16(23)20-21/h1-7,9H,8,10-11H2,(H,19,22)(H,20,23). The first-order valence-corrected chi connectivity index (χ1v) is 7.53. The van der Waals surface area contributed by atoms with Gasteiger partial charge in [0.05, 0.1) is 29.6 Å². The Bertz CT molecular complexity index is 976. The molecule has 7 heteroatoms. The van der Waals surface area contributed by atoms with Crippen LogP contribution < -0.4 is 16.4 Å². The molecule has 2 N–H and O–H groups in total. The molecule has 0 radical (unpaired) electrons. The smallest absolute Gasteiger partial charge is 0.273 e. The fraction of sp³-hybridized carbons (Fsp3) is 0.176. The van der Waals surface area contributed by atoms with Gasteiger partial charge in [-0.3, -0.25) is 24.5 Å². The van der Waals surface area contributed by atoms with Gasteiger partial charge in [-0.2, -0.15) is 0 Å². The third-order valence-electron chi connectivity index (χ3n) is 3.64. The summed E-state index contributed by atoms with van der Waals surface area (Å²) in [5.74, 6) is -0.221. The number of nitrogens with zero attached hydrogens (tertiary/aromatic N) is 2. The van der Waals surface area contributed by atoms with Crippen molar-refractivity contribution in [1.29, 1.82) is 0 Å². The van der Waals surface area contributed by atoms with E-state index in [-0.39, 0.29) is 30.0 Å². The first-order chi connectivity index (χ1) is 11.6. The maximum Gasteiger partial charge on any atom is 0.273 e. The minimum absolute atomic E-state index is 0.0843. The van der Waals surface area contributed by atoms with Gasteiger partial charge in [-0.15, -0.1) is 0 Å². The van der Waals surface area contributed by atoms with Gasteiger partial charge >= 0.3 is 0 Å². The highest BCUT2D eigenvalue weighted by molar-refractivity contribution is 5.80. The Balaban J connectivity index is 1.67. The third-order valence-corrected chi connectivity index (χ3v) is 3.64. The first-order valence-electron chi connectivity index (χ1n) is 7.53. The van der Waals surface area contributed by atoms with Crippen molar-refractivity contribution in [2.45, 2.75) is 19.5 Å². The predicted octanol–water partition coefficient (Wildman–Crippen LogP) is 0.791. The highest BCUT2D eigenvalue weighted by Gasteiger charge is 2.08. The largest absolute Gasteiger partial charge is 0.350 e. The molecular weight excluding hydrogens is 308 g/mol. The van der Waals surface area contributed by atoms with Crippen molar-refractivity contribution in [3.8, 4) is 0 Å². The fourth-order valence-corrected chi connectivity index (χ4v) is 2.40. The summed E-state index contributed by atoms with van der Waals surface area (Å²) >= 11 is 0. The van der Waals surface area contributed by atoms with Gasteiger partial charge in [-0.1, -0.05) is 18.2 Å². The summed E-state index contributed by atoms with van der Waals surface area (Å²) in [5.41, 5.74) is 0.0870. The maximum absolute atomic E-state index is 12.3. The van der Waals surface area contributed by atoms with Crippen LogP contribution in [0.2, 0.25) is 0 Å². The summed E-state index contributed by atoms with van der Waals surface area (Å²) in [5, 5.41) is 5.92. The van der Waals surface area contributed by atoms with Crippen LogP contribution >= 0.6 is 0 Å². The number of aromatic nitrogens is 3. The van der Waals surface area contributed by atoms with E-state index in [9.17, 15) is 14.4 Å². The molecule has 1 aromatic carbocycles. The Morgan fingerprint density at radius 3 is 2.58 bits per heavy atom. The van der Waals surface area contributed by atoms with Crippen LogP contribution in [-0.2, 0) is 17.9 Å². The van der Waals surface area contributed by atoms with Crippen LogP contribution in [0.3, 0.4) is 0 Å². The van der Waals surface area contributed by atoms with E-state index in [1.165, 1.54) is 4.68 Å². The van der Waals surface area contributed by atoms with Crippen molar-refractivity contribution in [3.05, 3.63) is 75.1 Å². The number of amides is 1. The van der Waals surface area contributed by atoms with Gasteiger partial charge in [0.2, 0.25) is 5.91 Å². The van der Waals surface area contributed by atoms with Gasteiger partial charge in [0.1, 0.15) is 0 Å². The molecule has 0 saturated heterocycles. The summed E-state index contributed by atoms with van der Waals surface area (Å²) in [6.45, 7) is 0.426. The van der Waals surface area contributed by atoms with Crippen LogP contribution in [0.15, 0.2) is 58.3 Å². The molecule has 0 aliphatic heterocycles. The van der Waals surface area contributed by atoms with Gasteiger partial charge in [0.25, 0.3) is 11.1 Å². The Morgan fingerprint density at radius 1 is 1.08 bits per heavy atom. The first kappa shape index (κ1) is 15.7. The number of aromatic amines is 1. The molecule has 122 valence electrons. The van der Waals surface area contributed by atoms with Crippen molar-refractivity contribution < 1.29 is 4.79 Å². The van der Waals surface area contributed by atoms with Crippen molar-refractivity contribution in [2.24, 2.45) is 0 Å².